The van der Waals surface area contributed by atoms with Gasteiger partial charge in [0.2, 0.25) is 10.0 Å². The summed E-state index contributed by atoms with van der Waals surface area (Å²) in [5, 5.41) is -0.146. The predicted octanol–water partition coefficient (Wildman–Crippen LogP) is 1.17. The number of rotatable bonds is 4. The van der Waals surface area contributed by atoms with Crippen molar-refractivity contribution in [1.82, 2.24) is 4.31 Å². The molecule has 0 radical (unpaired) electrons. The average Bonchev–Trinajstić information content (AvgIpc) is 2.41. The summed E-state index contributed by atoms with van der Waals surface area (Å²) in [7, 11) is -2.79. The zero-order valence-corrected chi connectivity index (χ0v) is 7.89. The lowest BCUT2D eigenvalue weighted by atomic mass is 10.3. The molecule has 0 aromatic heterocycles. The molecular weight excluding hydrogens is 162 g/mol. The lowest BCUT2D eigenvalue weighted by Crippen LogP contribution is -2.02. The zero-order chi connectivity index (χ0) is 8.48. The fraction of sp³-hybridized carbons (Fsp3) is 1.00. The Kier molecular flexibility index (Phi) is 2.54. The molecule has 3 nitrogen and oxygen atoms in total. The van der Waals surface area contributed by atoms with Gasteiger partial charge in [-0.05, 0) is 12.8 Å². The normalized spacial score (nSPS) is 33.6. The van der Waals surface area contributed by atoms with Gasteiger partial charge < -0.3 is 0 Å². The summed E-state index contributed by atoms with van der Waals surface area (Å²) in [4.78, 5) is 0. The topological polar surface area (TPSA) is 37.1 Å². The molecule has 0 aliphatic carbocycles. The first-order valence-corrected chi connectivity index (χ1v) is 5.65. The maximum absolute atomic E-state index is 11.1. The predicted molar refractivity (Wildman–Crippen MR) is 44.6 cm³/mol. The number of nitrogens with zero attached hydrogens (tertiary/aromatic N) is 1. The van der Waals surface area contributed by atoms with Crippen molar-refractivity contribution in [3.05, 3.63) is 0 Å². The van der Waals surface area contributed by atoms with Crippen LogP contribution in [0.3, 0.4) is 0 Å². The van der Waals surface area contributed by atoms with Gasteiger partial charge in [0, 0.05) is 6.54 Å². The highest BCUT2D eigenvalue weighted by molar-refractivity contribution is 7.95. The molecule has 1 aliphatic rings. The fourth-order valence-electron chi connectivity index (χ4n) is 1.32. The Balaban J connectivity index is 2.47. The van der Waals surface area contributed by atoms with Crippen molar-refractivity contribution in [3.63, 3.8) is 0 Å². The highest BCUT2D eigenvalue weighted by Crippen LogP contribution is 2.33. The van der Waals surface area contributed by atoms with Crippen molar-refractivity contribution in [2.75, 3.05) is 6.54 Å². The Labute approximate surface area is 68.4 Å². The van der Waals surface area contributed by atoms with Gasteiger partial charge in [-0.25, -0.2) is 8.42 Å². The quantitative estimate of drug-likeness (QED) is 0.604. The molecule has 0 bridgehead atoms. The lowest BCUT2D eigenvalue weighted by molar-refractivity contribution is 0.499. The van der Waals surface area contributed by atoms with Gasteiger partial charge in [-0.1, -0.05) is 20.3 Å². The summed E-state index contributed by atoms with van der Waals surface area (Å²) < 4.78 is 23.8. The number of hydrogen-bond acceptors (Lipinski definition) is 2. The Bertz CT molecular complexity index is 205. The molecule has 1 aliphatic heterocycles. The van der Waals surface area contributed by atoms with Crippen molar-refractivity contribution in [1.29, 1.82) is 0 Å². The standard InChI is InChI=1S/C7H15NO2S/c1-3-5-7-8(6-4-2)11(7,9)10/h7H,3-6H2,1-2H3. The molecule has 4 heteroatoms. The molecule has 66 valence electrons. The van der Waals surface area contributed by atoms with Gasteiger partial charge >= 0.3 is 0 Å². The first kappa shape index (κ1) is 9.00. The van der Waals surface area contributed by atoms with E-state index in [2.05, 4.69) is 0 Å². The molecule has 0 spiro atoms. The summed E-state index contributed by atoms with van der Waals surface area (Å²) in [5.41, 5.74) is 0. The summed E-state index contributed by atoms with van der Waals surface area (Å²) >= 11 is 0. The summed E-state index contributed by atoms with van der Waals surface area (Å²) in [6.07, 6.45) is 2.66. The molecule has 1 fully saturated rings. The van der Waals surface area contributed by atoms with Crippen molar-refractivity contribution < 1.29 is 8.42 Å². The molecule has 0 aromatic carbocycles. The van der Waals surface area contributed by atoms with Crippen molar-refractivity contribution in [2.24, 2.45) is 0 Å². The fourth-order valence-corrected chi connectivity index (χ4v) is 3.28. The van der Waals surface area contributed by atoms with Crippen molar-refractivity contribution >= 4 is 10.0 Å². The van der Waals surface area contributed by atoms with E-state index >= 15 is 0 Å². The maximum Gasteiger partial charge on any atom is 0.232 e. The first-order valence-electron chi connectivity index (χ1n) is 4.15. The molecule has 0 saturated carbocycles. The van der Waals surface area contributed by atoms with E-state index < -0.39 is 10.0 Å². The molecule has 2 atom stereocenters. The van der Waals surface area contributed by atoms with Gasteiger partial charge in [-0.3, -0.25) is 0 Å². The van der Waals surface area contributed by atoms with E-state index in [4.69, 9.17) is 0 Å². The van der Waals surface area contributed by atoms with Crippen molar-refractivity contribution in [2.45, 2.75) is 38.5 Å². The SMILES string of the molecule is CCCC1N(CCC)S1(=O)=O. The monoisotopic (exact) mass is 177 g/mol. The largest absolute Gasteiger partial charge is 0.232 e. The minimum Gasteiger partial charge on any atom is -0.210 e. The second kappa shape index (κ2) is 3.11. The molecule has 0 aromatic rings. The summed E-state index contributed by atoms with van der Waals surface area (Å²) in [5.74, 6) is 0. The molecule has 11 heavy (non-hydrogen) atoms. The van der Waals surface area contributed by atoms with E-state index in [-0.39, 0.29) is 5.37 Å². The van der Waals surface area contributed by atoms with E-state index in [0.29, 0.717) is 6.54 Å². The van der Waals surface area contributed by atoms with Crippen molar-refractivity contribution in [3.8, 4) is 0 Å². The lowest BCUT2D eigenvalue weighted by Gasteiger charge is -1.91. The smallest absolute Gasteiger partial charge is 0.210 e. The van der Waals surface area contributed by atoms with Crippen LogP contribution >= 0.6 is 0 Å². The highest BCUT2D eigenvalue weighted by atomic mass is 32.2. The van der Waals surface area contributed by atoms with E-state index in [1.165, 1.54) is 0 Å². The molecule has 0 N–H and O–H groups in total. The van der Waals surface area contributed by atoms with Crippen LogP contribution < -0.4 is 0 Å². The second-order valence-electron chi connectivity index (χ2n) is 2.90. The van der Waals surface area contributed by atoms with Crippen LogP contribution in [-0.4, -0.2) is 24.6 Å². The van der Waals surface area contributed by atoms with Gasteiger partial charge in [-0.15, -0.1) is 0 Å². The van der Waals surface area contributed by atoms with Gasteiger partial charge in [0.05, 0.1) is 0 Å². The van der Waals surface area contributed by atoms with E-state index in [1.807, 2.05) is 13.8 Å². The molecular formula is C7H15NO2S. The highest BCUT2D eigenvalue weighted by Gasteiger charge is 2.52. The zero-order valence-electron chi connectivity index (χ0n) is 7.08. The van der Waals surface area contributed by atoms with Crippen LogP contribution in [0.4, 0.5) is 0 Å². The van der Waals surface area contributed by atoms with E-state index in [9.17, 15) is 8.42 Å². The van der Waals surface area contributed by atoms with Gasteiger partial charge in [0.15, 0.2) is 0 Å². The van der Waals surface area contributed by atoms with Gasteiger partial charge in [-0.2, -0.15) is 4.31 Å². The van der Waals surface area contributed by atoms with Crippen LogP contribution in [0.5, 0.6) is 0 Å². The molecule has 1 heterocycles. The number of hydrogen-bond donors (Lipinski definition) is 0. The Morgan fingerprint density at radius 2 is 1.91 bits per heavy atom. The Hall–Kier alpha value is -0.0900. The van der Waals surface area contributed by atoms with Gasteiger partial charge in [0.1, 0.15) is 5.37 Å². The second-order valence-corrected chi connectivity index (χ2v) is 4.94. The van der Waals surface area contributed by atoms with Crippen LogP contribution in [0.15, 0.2) is 0 Å². The third kappa shape index (κ3) is 1.56. The summed E-state index contributed by atoms with van der Waals surface area (Å²) in [6, 6.07) is 0. The van der Waals surface area contributed by atoms with Gasteiger partial charge in [0.25, 0.3) is 0 Å². The van der Waals surface area contributed by atoms with Crippen LogP contribution in [0, 0.1) is 0 Å². The first-order chi connectivity index (χ1) is 5.14. The van der Waals surface area contributed by atoms with E-state index in [0.717, 1.165) is 19.3 Å². The average molecular weight is 177 g/mol. The Morgan fingerprint density at radius 1 is 1.27 bits per heavy atom. The van der Waals surface area contributed by atoms with Crippen LogP contribution in [0.2, 0.25) is 0 Å². The van der Waals surface area contributed by atoms with E-state index in [1.54, 1.807) is 4.31 Å². The third-order valence-corrected chi connectivity index (χ3v) is 3.98. The third-order valence-electron chi connectivity index (χ3n) is 1.93. The Morgan fingerprint density at radius 3 is 2.36 bits per heavy atom. The minimum absolute atomic E-state index is 0.146. The minimum atomic E-state index is -2.79. The molecule has 0 amide bonds. The molecule has 1 saturated heterocycles. The molecule has 1 rings (SSSR count). The summed E-state index contributed by atoms with van der Waals surface area (Å²) in [6.45, 7) is 4.71. The number of sulfonamides is 1. The van der Waals surface area contributed by atoms with Crippen LogP contribution in [0.1, 0.15) is 33.1 Å². The van der Waals surface area contributed by atoms with Crippen LogP contribution in [0.25, 0.3) is 0 Å². The van der Waals surface area contributed by atoms with Crippen LogP contribution in [-0.2, 0) is 10.0 Å². The molecule has 2 unspecified atom stereocenters. The maximum atomic E-state index is 11.1.